The number of nitrogens with one attached hydrogen (secondary N) is 1. The first-order valence-corrected chi connectivity index (χ1v) is 22.0. The van der Waals surface area contributed by atoms with Gasteiger partial charge in [0.05, 0.1) is 59.8 Å². The Kier molecular flexibility index (Phi) is 13.7. The van der Waals surface area contributed by atoms with Crippen molar-refractivity contribution in [1.82, 2.24) is 5.32 Å². The molecule has 14 heteroatoms. The smallest absolute Gasteiger partial charge is 0.407 e. The van der Waals surface area contributed by atoms with E-state index in [1.54, 1.807) is 6.92 Å². The highest BCUT2D eigenvalue weighted by molar-refractivity contribution is 14.1. The summed E-state index contributed by atoms with van der Waals surface area (Å²) in [7, 11) is 1.52. The molecule has 1 spiro atoms. The van der Waals surface area contributed by atoms with Crippen LogP contribution in [0, 0.1) is 39.1 Å². The number of aliphatic hydroxyl groups is 2. The number of carboxylic acid groups (broad SMARTS) is 1. The Morgan fingerprint density at radius 2 is 1.68 bits per heavy atom. The predicted molar refractivity (Wildman–Crippen MR) is 218 cm³/mol. The topological polar surface area (TPSA) is 171 Å². The van der Waals surface area contributed by atoms with Gasteiger partial charge in [-0.05, 0) is 105 Å². The van der Waals surface area contributed by atoms with Gasteiger partial charge in [0.1, 0.15) is 6.61 Å². The molecule has 5 fully saturated rings. The zero-order valence-electron chi connectivity index (χ0n) is 35.1. The van der Waals surface area contributed by atoms with Gasteiger partial charge >= 0.3 is 12.1 Å². The molecule has 17 atom stereocenters. The van der Waals surface area contributed by atoms with Crippen LogP contribution in [0.25, 0.3) is 0 Å². The maximum atomic E-state index is 12.6. The van der Waals surface area contributed by atoms with Crippen molar-refractivity contribution in [1.29, 1.82) is 0 Å². The van der Waals surface area contributed by atoms with Crippen molar-refractivity contribution >= 4 is 34.7 Å². The van der Waals surface area contributed by atoms with E-state index in [2.05, 4.69) is 55.6 Å². The van der Waals surface area contributed by atoms with Crippen LogP contribution in [-0.2, 0) is 44.5 Å². The van der Waals surface area contributed by atoms with Crippen molar-refractivity contribution in [2.45, 2.75) is 172 Å². The summed E-state index contributed by atoms with van der Waals surface area (Å²) in [5, 5.41) is 35.5. The van der Waals surface area contributed by atoms with Crippen LogP contribution in [0.5, 0.6) is 0 Å². The maximum Gasteiger partial charge on any atom is 0.407 e. The van der Waals surface area contributed by atoms with E-state index in [-0.39, 0.29) is 54.5 Å². The highest BCUT2D eigenvalue weighted by Gasteiger charge is 2.61. The molecule has 0 radical (unpaired) electrons. The monoisotopic (exact) mass is 915 g/mol. The summed E-state index contributed by atoms with van der Waals surface area (Å²) in [6, 6.07) is 7.84. The van der Waals surface area contributed by atoms with E-state index in [9.17, 15) is 24.9 Å². The summed E-state index contributed by atoms with van der Waals surface area (Å²) < 4.78 is 46.3. The minimum Gasteiger partial charge on any atom is -0.481 e. The summed E-state index contributed by atoms with van der Waals surface area (Å²) in [6.07, 6.45) is 0.973. The van der Waals surface area contributed by atoms with Crippen LogP contribution in [0.15, 0.2) is 24.3 Å². The molecule has 1 unspecified atom stereocenters. The lowest BCUT2D eigenvalue weighted by Crippen LogP contribution is -2.57. The molecule has 5 heterocycles. The lowest BCUT2D eigenvalue weighted by Gasteiger charge is -2.48. The lowest BCUT2D eigenvalue weighted by atomic mass is 9.78. The van der Waals surface area contributed by atoms with Gasteiger partial charge in [-0.25, -0.2) is 4.79 Å². The van der Waals surface area contributed by atoms with E-state index in [4.69, 9.17) is 33.2 Å². The second kappa shape index (κ2) is 17.4. The molecule has 5 saturated heterocycles. The average molecular weight is 916 g/mol. The molecule has 1 aromatic carbocycles. The van der Waals surface area contributed by atoms with Gasteiger partial charge in [-0.1, -0.05) is 46.8 Å². The van der Waals surface area contributed by atoms with Crippen LogP contribution in [0.1, 0.15) is 106 Å². The van der Waals surface area contributed by atoms with Gasteiger partial charge in [-0.2, -0.15) is 0 Å². The molecule has 4 N–H and O–H groups in total. The van der Waals surface area contributed by atoms with E-state index >= 15 is 0 Å². The summed E-state index contributed by atoms with van der Waals surface area (Å²) >= 11 is 2.23. The van der Waals surface area contributed by atoms with Crippen molar-refractivity contribution in [2.24, 2.45) is 35.5 Å². The number of hydrogen-bond donors (Lipinski definition) is 4. The molecule has 5 aliphatic rings. The average Bonchev–Trinajstić information content (AvgIpc) is 3.86. The number of hydrogen-bond acceptors (Lipinski definition) is 11. The number of carboxylic acids is 1. The Morgan fingerprint density at radius 1 is 0.982 bits per heavy atom. The Hall–Kier alpha value is -1.63. The molecule has 6 rings (SSSR count). The van der Waals surface area contributed by atoms with Crippen molar-refractivity contribution < 1.29 is 58.1 Å². The standard InChI is InChI=1S/C43H66INO12/c1-23-18-25(3)43(50,22-52-39(49)45-21-29-10-12-30(44)13-11-29)56-34(23)32-19-24(2)37(53-32)41(8)15-14-33(54-41)40(7)16-17-42(57-40)20-31(46)26(4)36(55-42)27(5)35(51-9)28(6)38(47)48/h10-13,23-28,31-37,46,50H,14-22H2,1-9H3,(H,45,49)(H,47,48)/t23-,24-,25+,26+,27-,28?,31-,32+,33+,34-,35+,36-,37+,40-,41-,42+,43-/m0/s1. The number of carbonyl (C=O) groups is 2. The van der Waals surface area contributed by atoms with Gasteiger partial charge in [0.15, 0.2) is 5.79 Å². The number of aliphatic carboxylic acids is 1. The molecule has 0 bridgehead atoms. The number of methoxy groups -OCH3 is 1. The number of ether oxygens (including phenoxy) is 7. The molecule has 1 amide bonds. The van der Waals surface area contributed by atoms with E-state index in [0.29, 0.717) is 32.2 Å². The number of alkyl carbamates (subject to hydrolysis) is 1. The normalized spacial score (nSPS) is 43.8. The van der Waals surface area contributed by atoms with Gasteiger partial charge in [-0.15, -0.1) is 0 Å². The van der Waals surface area contributed by atoms with Crippen LogP contribution in [0.3, 0.4) is 0 Å². The van der Waals surface area contributed by atoms with Gasteiger partial charge < -0.3 is 53.8 Å². The van der Waals surface area contributed by atoms with Crippen LogP contribution < -0.4 is 5.32 Å². The quantitative estimate of drug-likeness (QED) is 0.170. The fraction of sp³-hybridized carbons (Fsp3) is 0.814. The van der Waals surface area contributed by atoms with Crippen LogP contribution in [0.2, 0.25) is 0 Å². The van der Waals surface area contributed by atoms with E-state index in [1.807, 2.05) is 45.0 Å². The maximum absolute atomic E-state index is 12.6. The predicted octanol–water partition coefficient (Wildman–Crippen LogP) is 6.42. The third-order valence-electron chi connectivity index (χ3n) is 14.2. The third kappa shape index (κ3) is 9.34. The molecule has 0 aliphatic carbocycles. The SMILES string of the molecule is CO[C@@H](C(C)C(=O)O)[C@H](C)[C@H]1O[C@@]2(CC[C@@](C)([C@H]3CC[C@@](C)([C@@H]4O[C@@H]([C@H]5O[C@@](O)(COC(=O)NCc6ccc(I)cc6)[C@H](C)C[C@@H]5C)C[C@@H]4C)O3)O2)C[C@H](O)[C@H]1C. The minimum atomic E-state index is -1.66. The van der Waals surface area contributed by atoms with Gasteiger partial charge in [0.25, 0.3) is 0 Å². The number of amides is 1. The first-order valence-electron chi connectivity index (χ1n) is 20.9. The summed E-state index contributed by atoms with van der Waals surface area (Å²) in [6.45, 7) is 15.9. The molecule has 322 valence electrons. The molecular formula is C43H66INO12. The van der Waals surface area contributed by atoms with Crippen LogP contribution in [-0.4, -0.2) is 107 Å². The van der Waals surface area contributed by atoms with Crippen molar-refractivity contribution in [3.63, 3.8) is 0 Å². The lowest BCUT2D eigenvalue weighted by molar-refractivity contribution is -0.336. The van der Waals surface area contributed by atoms with E-state index in [1.165, 1.54) is 7.11 Å². The summed E-state index contributed by atoms with van der Waals surface area (Å²) in [4.78, 5) is 24.5. The van der Waals surface area contributed by atoms with Crippen LogP contribution in [0.4, 0.5) is 4.79 Å². The Labute approximate surface area is 351 Å². The highest BCUT2D eigenvalue weighted by Crippen LogP contribution is 2.54. The summed E-state index contributed by atoms with van der Waals surface area (Å²) in [5.41, 5.74) is -0.331. The van der Waals surface area contributed by atoms with Crippen molar-refractivity contribution in [3.05, 3.63) is 33.4 Å². The fourth-order valence-corrected chi connectivity index (χ4v) is 11.0. The number of aliphatic hydroxyl groups excluding tert-OH is 1. The van der Waals surface area contributed by atoms with E-state index < -0.39 is 65.2 Å². The molecule has 1 aromatic rings. The van der Waals surface area contributed by atoms with E-state index in [0.717, 1.165) is 28.4 Å². The first kappa shape index (κ1) is 44.9. The number of benzene rings is 1. The molecule has 13 nitrogen and oxygen atoms in total. The second-order valence-electron chi connectivity index (χ2n) is 18.6. The van der Waals surface area contributed by atoms with Crippen molar-refractivity contribution in [2.75, 3.05) is 13.7 Å². The molecule has 0 saturated carbocycles. The molecular weight excluding hydrogens is 849 g/mol. The minimum absolute atomic E-state index is 0.101. The third-order valence-corrected chi connectivity index (χ3v) is 14.9. The number of halogens is 1. The van der Waals surface area contributed by atoms with Crippen molar-refractivity contribution in [3.8, 4) is 0 Å². The summed E-state index contributed by atoms with van der Waals surface area (Å²) in [5.74, 6) is -4.94. The Morgan fingerprint density at radius 3 is 2.35 bits per heavy atom. The van der Waals surface area contributed by atoms with Gasteiger partial charge in [-0.3, -0.25) is 4.79 Å². The Balaban J connectivity index is 1.06. The largest absolute Gasteiger partial charge is 0.481 e. The number of rotatable bonds is 12. The molecule has 57 heavy (non-hydrogen) atoms. The molecule has 0 aromatic heterocycles. The first-order chi connectivity index (χ1) is 26.7. The highest BCUT2D eigenvalue weighted by atomic mass is 127. The second-order valence-corrected chi connectivity index (χ2v) is 19.8. The van der Waals surface area contributed by atoms with Crippen LogP contribution >= 0.6 is 22.6 Å². The van der Waals surface area contributed by atoms with Gasteiger partial charge in [0, 0.05) is 47.8 Å². The fourth-order valence-electron chi connectivity index (χ4n) is 10.6. The Bertz CT molecular complexity index is 1570. The molecule has 5 aliphatic heterocycles. The zero-order chi connectivity index (χ0) is 41.7. The zero-order valence-corrected chi connectivity index (χ0v) is 37.2. The number of carbonyl (C=O) groups excluding carboxylic acids is 1. The van der Waals surface area contributed by atoms with Gasteiger partial charge in [0.2, 0.25) is 5.79 Å².